The van der Waals surface area contributed by atoms with Gasteiger partial charge in [0, 0.05) is 6.61 Å². The molecule has 0 saturated carbocycles. The SMILES string of the molecule is C[C@]1(F)CCCOC1. The Hall–Kier alpha value is -0.110. The van der Waals surface area contributed by atoms with Gasteiger partial charge in [-0.1, -0.05) is 0 Å². The van der Waals surface area contributed by atoms with E-state index in [2.05, 4.69) is 0 Å². The standard InChI is InChI=1S/C6H11FO/c1-6(7)3-2-4-8-5-6/h2-5H2,1H3/t6-/m0/s1. The molecule has 0 N–H and O–H groups in total. The maximum atomic E-state index is 12.7. The van der Waals surface area contributed by atoms with Gasteiger partial charge in [-0.15, -0.1) is 0 Å². The lowest BCUT2D eigenvalue weighted by molar-refractivity contribution is -0.0201. The first-order valence-corrected chi connectivity index (χ1v) is 2.97. The van der Waals surface area contributed by atoms with Gasteiger partial charge in [0.1, 0.15) is 5.67 Å². The van der Waals surface area contributed by atoms with E-state index in [-0.39, 0.29) is 6.61 Å². The normalized spacial score (nSPS) is 39.8. The van der Waals surface area contributed by atoms with E-state index >= 15 is 0 Å². The van der Waals surface area contributed by atoms with E-state index in [0.717, 1.165) is 13.0 Å². The lowest BCUT2D eigenvalue weighted by Gasteiger charge is -2.24. The van der Waals surface area contributed by atoms with Crippen molar-refractivity contribution in [1.82, 2.24) is 0 Å². The van der Waals surface area contributed by atoms with Crippen molar-refractivity contribution in [3.63, 3.8) is 0 Å². The van der Waals surface area contributed by atoms with Gasteiger partial charge in [-0.2, -0.15) is 0 Å². The third kappa shape index (κ3) is 1.44. The van der Waals surface area contributed by atoms with Crippen LogP contribution >= 0.6 is 0 Å². The van der Waals surface area contributed by atoms with Gasteiger partial charge in [-0.25, -0.2) is 4.39 Å². The number of hydrogen-bond donors (Lipinski definition) is 0. The molecule has 0 aliphatic carbocycles. The van der Waals surface area contributed by atoms with E-state index in [9.17, 15) is 4.39 Å². The molecule has 0 spiro atoms. The molecular weight excluding hydrogens is 107 g/mol. The van der Waals surface area contributed by atoms with Crippen LogP contribution in [0.2, 0.25) is 0 Å². The van der Waals surface area contributed by atoms with E-state index < -0.39 is 5.67 Å². The van der Waals surface area contributed by atoms with Crippen molar-refractivity contribution in [2.75, 3.05) is 13.2 Å². The molecule has 1 nitrogen and oxygen atoms in total. The fourth-order valence-electron chi connectivity index (χ4n) is 0.900. The van der Waals surface area contributed by atoms with Crippen molar-refractivity contribution >= 4 is 0 Å². The maximum absolute atomic E-state index is 12.7. The highest BCUT2D eigenvalue weighted by Gasteiger charge is 2.25. The monoisotopic (exact) mass is 118 g/mol. The molecule has 0 radical (unpaired) electrons. The summed E-state index contributed by atoms with van der Waals surface area (Å²) < 4.78 is 17.7. The van der Waals surface area contributed by atoms with Gasteiger partial charge in [-0.3, -0.25) is 0 Å². The Bertz CT molecular complexity index is 72.6. The van der Waals surface area contributed by atoms with Gasteiger partial charge >= 0.3 is 0 Å². The topological polar surface area (TPSA) is 9.23 Å². The van der Waals surface area contributed by atoms with Gasteiger partial charge in [0.2, 0.25) is 0 Å². The molecule has 0 bridgehead atoms. The fraction of sp³-hybridized carbons (Fsp3) is 1.00. The van der Waals surface area contributed by atoms with Crippen molar-refractivity contribution in [1.29, 1.82) is 0 Å². The zero-order valence-electron chi connectivity index (χ0n) is 5.11. The van der Waals surface area contributed by atoms with Crippen LogP contribution in [-0.2, 0) is 4.74 Å². The molecule has 1 saturated heterocycles. The van der Waals surface area contributed by atoms with Crippen LogP contribution < -0.4 is 0 Å². The van der Waals surface area contributed by atoms with E-state index in [4.69, 9.17) is 4.74 Å². The first-order valence-electron chi connectivity index (χ1n) is 2.97. The Labute approximate surface area is 48.8 Å². The third-order valence-corrected chi connectivity index (χ3v) is 1.39. The average molecular weight is 118 g/mol. The second-order valence-electron chi connectivity index (χ2n) is 2.57. The molecule has 0 aromatic carbocycles. The van der Waals surface area contributed by atoms with Crippen LogP contribution in [0, 0.1) is 0 Å². The highest BCUT2D eigenvalue weighted by atomic mass is 19.1. The van der Waals surface area contributed by atoms with Gasteiger partial charge in [0.05, 0.1) is 6.61 Å². The molecule has 0 aromatic rings. The van der Waals surface area contributed by atoms with Gasteiger partial charge in [0.15, 0.2) is 0 Å². The van der Waals surface area contributed by atoms with Crippen LogP contribution in [0.1, 0.15) is 19.8 Å². The minimum atomic E-state index is -1.04. The lowest BCUT2D eigenvalue weighted by Crippen LogP contribution is -2.30. The zero-order valence-corrected chi connectivity index (χ0v) is 5.11. The predicted octanol–water partition coefficient (Wildman–Crippen LogP) is 1.52. The third-order valence-electron chi connectivity index (χ3n) is 1.39. The van der Waals surface area contributed by atoms with E-state index in [1.54, 1.807) is 6.92 Å². The summed E-state index contributed by atoms with van der Waals surface area (Å²) in [6.07, 6.45) is 1.53. The Kier molecular flexibility index (Phi) is 1.52. The van der Waals surface area contributed by atoms with Gasteiger partial charge < -0.3 is 4.74 Å². The van der Waals surface area contributed by atoms with Crippen LogP contribution in [0.3, 0.4) is 0 Å². The molecule has 1 aliphatic heterocycles. The molecule has 0 aromatic heterocycles. The Morgan fingerprint density at radius 2 is 2.38 bits per heavy atom. The Morgan fingerprint density at radius 3 is 2.62 bits per heavy atom. The number of hydrogen-bond acceptors (Lipinski definition) is 1. The number of alkyl halides is 1. The molecule has 2 heteroatoms. The van der Waals surface area contributed by atoms with Gasteiger partial charge in [0.25, 0.3) is 0 Å². The molecule has 48 valence electrons. The molecule has 1 rings (SSSR count). The maximum Gasteiger partial charge on any atom is 0.131 e. The summed E-state index contributed by atoms with van der Waals surface area (Å²) in [4.78, 5) is 0. The molecule has 1 fully saturated rings. The first kappa shape index (κ1) is 6.02. The quantitative estimate of drug-likeness (QED) is 0.468. The van der Waals surface area contributed by atoms with Crippen molar-refractivity contribution in [3.05, 3.63) is 0 Å². The Balaban J connectivity index is 2.33. The summed E-state index contributed by atoms with van der Waals surface area (Å²) in [7, 11) is 0. The van der Waals surface area contributed by atoms with Crippen LogP contribution in [0.5, 0.6) is 0 Å². The van der Waals surface area contributed by atoms with E-state index in [0.29, 0.717) is 6.42 Å². The lowest BCUT2D eigenvalue weighted by atomic mass is 10.0. The van der Waals surface area contributed by atoms with Gasteiger partial charge in [-0.05, 0) is 19.8 Å². The summed E-state index contributed by atoms with van der Waals surface area (Å²) in [5.74, 6) is 0. The Morgan fingerprint density at radius 1 is 1.62 bits per heavy atom. The molecule has 1 aliphatic rings. The van der Waals surface area contributed by atoms with Crippen LogP contribution in [0.25, 0.3) is 0 Å². The molecule has 0 amide bonds. The number of ether oxygens (including phenoxy) is 1. The van der Waals surface area contributed by atoms with Crippen LogP contribution in [0.15, 0.2) is 0 Å². The highest BCUT2D eigenvalue weighted by Crippen LogP contribution is 2.21. The molecule has 1 heterocycles. The van der Waals surface area contributed by atoms with Crippen LogP contribution in [0.4, 0.5) is 4.39 Å². The number of halogens is 1. The van der Waals surface area contributed by atoms with E-state index in [1.807, 2.05) is 0 Å². The molecule has 1 atom stereocenters. The molecule has 0 unspecified atom stereocenters. The predicted molar refractivity (Wildman–Crippen MR) is 29.6 cm³/mol. The van der Waals surface area contributed by atoms with Crippen molar-refractivity contribution in [2.24, 2.45) is 0 Å². The van der Waals surface area contributed by atoms with E-state index in [1.165, 1.54) is 0 Å². The minimum Gasteiger partial charge on any atom is -0.378 e. The first-order chi connectivity index (χ1) is 3.71. The second-order valence-corrected chi connectivity index (χ2v) is 2.57. The fourth-order valence-corrected chi connectivity index (χ4v) is 0.900. The largest absolute Gasteiger partial charge is 0.378 e. The van der Waals surface area contributed by atoms with Crippen molar-refractivity contribution < 1.29 is 9.13 Å². The number of rotatable bonds is 0. The summed E-state index contributed by atoms with van der Waals surface area (Å²) in [6.45, 7) is 2.61. The average Bonchev–Trinajstić information content (AvgIpc) is 1.65. The zero-order chi connectivity index (χ0) is 6.04. The second kappa shape index (κ2) is 2.02. The minimum absolute atomic E-state index is 0.285. The summed E-state index contributed by atoms with van der Waals surface area (Å²) in [5, 5.41) is 0. The van der Waals surface area contributed by atoms with Crippen LogP contribution in [-0.4, -0.2) is 18.9 Å². The summed E-state index contributed by atoms with van der Waals surface area (Å²) >= 11 is 0. The highest BCUT2D eigenvalue weighted by molar-refractivity contribution is 4.75. The summed E-state index contributed by atoms with van der Waals surface area (Å²) in [5.41, 5.74) is -1.04. The smallest absolute Gasteiger partial charge is 0.131 e. The molecular formula is C6H11FO. The summed E-state index contributed by atoms with van der Waals surface area (Å²) in [6, 6.07) is 0. The molecule has 8 heavy (non-hydrogen) atoms. The van der Waals surface area contributed by atoms with Crippen molar-refractivity contribution in [3.8, 4) is 0 Å². The van der Waals surface area contributed by atoms with Crippen molar-refractivity contribution in [2.45, 2.75) is 25.4 Å².